The van der Waals surface area contributed by atoms with Crippen LogP contribution in [0, 0.1) is 5.92 Å². The predicted molar refractivity (Wildman–Crippen MR) is 106 cm³/mol. The van der Waals surface area contributed by atoms with Crippen LogP contribution in [0.15, 0.2) is 24.3 Å². The molecule has 2 fully saturated rings. The minimum atomic E-state index is 0. The number of likely N-dealkylation sites (tertiary alicyclic amines) is 1. The highest BCUT2D eigenvalue weighted by Gasteiger charge is 2.25. The number of carbonyl (C=O) groups is 1. The number of morpholine rings is 1. The molecule has 1 unspecified atom stereocenters. The molecule has 2 aliphatic rings. The van der Waals surface area contributed by atoms with E-state index in [9.17, 15) is 4.79 Å². The summed E-state index contributed by atoms with van der Waals surface area (Å²) < 4.78 is 5.41. The van der Waals surface area contributed by atoms with Crippen LogP contribution in [0.5, 0.6) is 0 Å². The summed E-state index contributed by atoms with van der Waals surface area (Å²) >= 11 is 0. The summed E-state index contributed by atoms with van der Waals surface area (Å²) in [5, 5.41) is 0. The molecule has 0 aliphatic carbocycles. The lowest BCUT2D eigenvalue weighted by Crippen LogP contribution is -2.46. The number of amides is 1. The maximum absolute atomic E-state index is 12.6. The molecule has 1 aromatic carbocycles. The first-order valence-electron chi connectivity index (χ1n) is 8.63. The molecule has 1 atom stereocenters. The number of nitrogens with two attached hydrogens (primary N) is 1. The number of ether oxygens (including phenoxy) is 1. The van der Waals surface area contributed by atoms with E-state index in [0.717, 1.165) is 63.6 Å². The number of hydrogen-bond donors (Lipinski definition) is 1. The zero-order valence-electron chi connectivity index (χ0n) is 14.6. The van der Waals surface area contributed by atoms with Gasteiger partial charge in [-0.3, -0.25) is 9.69 Å². The normalized spacial score (nSPS) is 21.1. The van der Waals surface area contributed by atoms with E-state index >= 15 is 0 Å². The monoisotopic (exact) mass is 389 g/mol. The molecule has 2 aliphatic heterocycles. The van der Waals surface area contributed by atoms with Crippen LogP contribution >= 0.6 is 24.8 Å². The average molecular weight is 390 g/mol. The third kappa shape index (κ3) is 6.66. The topological polar surface area (TPSA) is 58.8 Å². The van der Waals surface area contributed by atoms with E-state index in [2.05, 4.69) is 4.90 Å². The third-order valence-electron chi connectivity index (χ3n) is 4.83. The van der Waals surface area contributed by atoms with Gasteiger partial charge in [0.2, 0.25) is 5.91 Å². The number of halogens is 2. The van der Waals surface area contributed by atoms with E-state index in [1.54, 1.807) is 0 Å². The fraction of sp³-hybridized carbons (Fsp3) is 0.611. The van der Waals surface area contributed by atoms with E-state index in [1.807, 2.05) is 29.2 Å². The fourth-order valence-corrected chi connectivity index (χ4v) is 3.51. The summed E-state index contributed by atoms with van der Waals surface area (Å²) in [6.07, 6.45) is 2.82. The Kier molecular flexibility index (Phi) is 9.57. The van der Waals surface area contributed by atoms with Crippen molar-refractivity contribution in [3.05, 3.63) is 29.8 Å². The van der Waals surface area contributed by atoms with Crippen LogP contribution in [-0.2, 0) is 16.0 Å². The Bertz CT molecular complexity index is 522. The van der Waals surface area contributed by atoms with Gasteiger partial charge in [-0.1, -0.05) is 12.1 Å². The Balaban J connectivity index is 0.00000156. The van der Waals surface area contributed by atoms with Gasteiger partial charge in [-0.25, -0.2) is 0 Å². The second kappa shape index (κ2) is 10.9. The largest absolute Gasteiger partial charge is 0.399 e. The highest BCUT2D eigenvalue weighted by molar-refractivity contribution is 5.85. The second-order valence-corrected chi connectivity index (χ2v) is 6.68. The summed E-state index contributed by atoms with van der Waals surface area (Å²) in [7, 11) is 0. The molecule has 25 heavy (non-hydrogen) atoms. The molecule has 2 heterocycles. The average Bonchev–Trinajstić information content (AvgIpc) is 2.58. The number of nitrogen functional groups attached to an aromatic ring is 1. The molecule has 1 aromatic rings. The van der Waals surface area contributed by atoms with E-state index in [1.165, 1.54) is 6.42 Å². The number of benzene rings is 1. The summed E-state index contributed by atoms with van der Waals surface area (Å²) in [5.41, 5.74) is 7.48. The van der Waals surface area contributed by atoms with Gasteiger partial charge < -0.3 is 15.4 Å². The van der Waals surface area contributed by atoms with E-state index < -0.39 is 0 Å². The van der Waals surface area contributed by atoms with Crippen LogP contribution in [0.4, 0.5) is 5.69 Å². The molecule has 3 rings (SSSR count). The van der Waals surface area contributed by atoms with Gasteiger partial charge in [0.05, 0.1) is 19.6 Å². The van der Waals surface area contributed by atoms with Crippen molar-refractivity contribution in [1.29, 1.82) is 0 Å². The van der Waals surface area contributed by atoms with Gasteiger partial charge in [-0.05, 0) is 36.5 Å². The molecule has 0 spiro atoms. The Labute approximate surface area is 162 Å². The minimum Gasteiger partial charge on any atom is -0.399 e. The SMILES string of the molecule is Cl.Cl.Nc1ccc(CC(=O)N2CCCC(CN3CCOCC3)C2)cc1. The first-order chi connectivity index (χ1) is 11.2. The van der Waals surface area contributed by atoms with Crippen LogP contribution < -0.4 is 5.73 Å². The minimum absolute atomic E-state index is 0. The van der Waals surface area contributed by atoms with Crippen molar-refractivity contribution in [2.45, 2.75) is 19.3 Å². The first kappa shape index (κ1) is 22.0. The smallest absolute Gasteiger partial charge is 0.226 e. The van der Waals surface area contributed by atoms with Crippen LogP contribution in [0.2, 0.25) is 0 Å². The highest BCUT2D eigenvalue weighted by Crippen LogP contribution is 2.19. The number of piperidine rings is 1. The number of rotatable bonds is 4. The van der Waals surface area contributed by atoms with Crippen molar-refractivity contribution in [2.75, 3.05) is 51.7 Å². The molecule has 7 heteroatoms. The first-order valence-corrected chi connectivity index (χ1v) is 8.63. The summed E-state index contributed by atoms with van der Waals surface area (Å²) in [6, 6.07) is 7.62. The van der Waals surface area contributed by atoms with Crippen molar-refractivity contribution >= 4 is 36.4 Å². The third-order valence-corrected chi connectivity index (χ3v) is 4.83. The van der Waals surface area contributed by atoms with Crippen molar-refractivity contribution in [1.82, 2.24) is 9.80 Å². The highest BCUT2D eigenvalue weighted by atomic mass is 35.5. The molecule has 0 radical (unpaired) electrons. The van der Waals surface area contributed by atoms with Gasteiger partial charge in [0.1, 0.15) is 0 Å². The van der Waals surface area contributed by atoms with Crippen LogP contribution in [0.1, 0.15) is 18.4 Å². The zero-order valence-corrected chi connectivity index (χ0v) is 16.2. The fourth-order valence-electron chi connectivity index (χ4n) is 3.51. The molecule has 5 nitrogen and oxygen atoms in total. The predicted octanol–water partition coefficient (Wildman–Crippen LogP) is 2.23. The van der Waals surface area contributed by atoms with Gasteiger partial charge in [0.25, 0.3) is 0 Å². The molecular formula is C18H29Cl2N3O2. The van der Waals surface area contributed by atoms with Crippen molar-refractivity contribution in [3.8, 4) is 0 Å². The van der Waals surface area contributed by atoms with E-state index in [0.29, 0.717) is 12.3 Å². The van der Waals surface area contributed by atoms with E-state index in [-0.39, 0.29) is 30.7 Å². The van der Waals surface area contributed by atoms with Gasteiger partial charge in [-0.15, -0.1) is 24.8 Å². The zero-order chi connectivity index (χ0) is 16.1. The summed E-state index contributed by atoms with van der Waals surface area (Å²) in [6.45, 7) is 6.61. The van der Waals surface area contributed by atoms with Gasteiger partial charge >= 0.3 is 0 Å². The maximum atomic E-state index is 12.6. The van der Waals surface area contributed by atoms with Gasteiger partial charge in [0, 0.05) is 38.4 Å². The molecule has 0 saturated carbocycles. The van der Waals surface area contributed by atoms with Crippen molar-refractivity contribution in [2.24, 2.45) is 5.92 Å². The molecule has 2 N–H and O–H groups in total. The molecular weight excluding hydrogens is 361 g/mol. The van der Waals surface area contributed by atoms with E-state index in [4.69, 9.17) is 10.5 Å². The maximum Gasteiger partial charge on any atom is 0.226 e. The Morgan fingerprint density at radius 1 is 1.12 bits per heavy atom. The lowest BCUT2D eigenvalue weighted by atomic mass is 9.96. The Hall–Kier alpha value is -1.01. The Morgan fingerprint density at radius 2 is 1.80 bits per heavy atom. The Morgan fingerprint density at radius 3 is 2.48 bits per heavy atom. The van der Waals surface area contributed by atoms with Gasteiger partial charge in [0.15, 0.2) is 0 Å². The summed E-state index contributed by atoms with van der Waals surface area (Å²) in [4.78, 5) is 17.1. The molecule has 0 aromatic heterocycles. The quantitative estimate of drug-likeness (QED) is 0.802. The lowest BCUT2D eigenvalue weighted by Gasteiger charge is -2.36. The molecule has 0 bridgehead atoms. The number of hydrogen-bond acceptors (Lipinski definition) is 4. The molecule has 142 valence electrons. The number of anilines is 1. The number of nitrogens with zero attached hydrogens (tertiary/aromatic N) is 2. The second-order valence-electron chi connectivity index (χ2n) is 6.68. The standard InChI is InChI=1S/C18H27N3O2.2ClH/c19-17-5-3-15(4-6-17)12-18(22)21-7-1-2-16(14-21)13-20-8-10-23-11-9-20;;/h3-6,16H,1-2,7-14,19H2;2*1H. The van der Waals surface area contributed by atoms with Crippen LogP contribution in [0.3, 0.4) is 0 Å². The van der Waals surface area contributed by atoms with Crippen molar-refractivity contribution < 1.29 is 9.53 Å². The van der Waals surface area contributed by atoms with Gasteiger partial charge in [-0.2, -0.15) is 0 Å². The molecule has 1 amide bonds. The lowest BCUT2D eigenvalue weighted by molar-refractivity contribution is -0.132. The summed E-state index contributed by atoms with van der Waals surface area (Å²) in [5.74, 6) is 0.832. The molecule has 2 saturated heterocycles. The van der Waals surface area contributed by atoms with Crippen LogP contribution in [0.25, 0.3) is 0 Å². The van der Waals surface area contributed by atoms with Crippen LogP contribution in [-0.4, -0.2) is 61.6 Å². The number of carbonyl (C=O) groups excluding carboxylic acids is 1. The van der Waals surface area contributed by atoms with Crippen molar-refractivity contribution in [3.63, 3.8) is 0 Å².